The summed E-state index contributed by atoms with van der Waals surface area (Å²) in [4.78, 5) is 9.49. The fraction of sp³-hybridized carbons (Fsp3) is 0.250. The van der Waals surface area contributed by atoms with E-state index in [-0.39, 0.29) is 11.0 Å². The molecule has 42 valence electrons. The number of carboxylic acid groups (broad SMARTS) is 1. The van der Waals surface area contributed by atoms with Crippen LogP contribution in [0.5, 0.6) is 0 Å². The van der Waals surface area contributed by atoms with Gasteiger partial charge in [0.1, 0.15) is 0 Å². The SMILES string of the molecule is C=C(C)C(=O)[O-].O. The van der Waals surface area contributed by atoms with Gasteiger partial charge in [-0.1, -0.05) is 6.58 Å². The van der Waals surface area contributed by atoms with Crippen LogP contribution in [0.3, 0.4) is 0 Å². The van der Waals surface area contributed by atoms with Gasteiger partial charge in [-0.2, -0.15) is 0 Å². The summed E-state index contributed by atoms with van der Waals surface area (Å²) >= 11 is 0. The Bertz CT molecular complexity index is 72.9. The number of hydrogen-bond acceptors (Lipinski definition) is 2. The molecule has 0 spiro atoms. The molecule has 0 bridgehead atoms. The average Bonchev–Trinajstić information content (AvgIpc) is 1.36. The van der Waals surface area contributed by atoms with Crippen LogP contribution in [0, 0.1) is 0 Å². The lowest BCUT2D eigenvalue weighted by Crippen LogP contribution is -2.22. The van der Waals surface area contributed by atoms with Gasteiger partial charge < -0.3 is 15.4 Å². The van der Waals surface area contributed by atoms with Crippen molar-refractivity contribution in [2.45, 2.75) is 6.92 Å². The zero-order valence-electron chi connectivity index (χ0n) is 4.02. The van der Waals surface area contributed by atoms with Crippen LogP contribution in [0.1, 0.15) is 6.92 Å². The molecule has 0 aromatic rings. The van der Waals surface area contributed by atoms with Crippen LogP contribution >= 0.6 is 0 Å². The van der Waals surface area contributed by atoms with Crippen molar-refractivity contribution in [1.82, 2.24) is 0 Å². The second-order valence-electron chi connectivity index (χ2n) is 1.07. The van der Waals surface area contributed by atoms with E-state index in [2.05, 4.69) is 6.58 Å². The van der Waals surface area contributed by atoms with E-state index >= 15 is 0 Å². The zero-order valence-corrected chi connectivity index (χ0v) is 4.02. The highest BCUT2D eigenvalue weighted by Crippen LogP contribution is 1.77. The molecule has 0 aliphatic heterocycles. The van der Waals surface area contributed by atoms with Gasteiger partial charge in [0.25, 0.3) is 0 Å². The largest absolute Gasteiger partial charge is 0.545 e. The van der Waals surface area contributed by atoms with Crippen LogP contribution in [0.2, 0.25) is 0 Å². The summed E-state index contributed by atoms with van der Waals surface area (Å²) in [6.45, 7) is 4.48. The lowest BCUT2D eigenvalue weighted by atomic mass is 10.4. The molecule has 0 fully saturated rings. The first-order chi connectivity index (χ1) is 2.64. The van der Waals surface area contributed by atoms with E-state index in [4.69, 9.17) is 0 Å². The summed E-state index contributed by atoms with van der Waals surface area (Å²) in [5.74, 6) is -1.19. The molecule has 3 heteroatoms. The molecule has 0 rings (SSSR count). The smallest absolute Gasteiger partial charge is 0.0666 e. The lowest BCUT2D eigenvalue weighted by molar-refractivity contribution is -0.299. The summed E-state index contributed by atoms with van der Waals surface area (Å²) in [6.07, 6.45) is 0. The van der Waals surface area contributed by atoms with E-state index in [1.54, 1.807) is 0 Å². The quantitative estimate of drug-likeness (QED) is 0.378. The molecule has 0 aromatic carbocycles. The molecule has 0 heterocycles. The third-order valence-corrected chi connectivity index (χ3v) is 0.348. The minimum atomic E-state index is -1.19. The Labute approximate surface area is 41.6 Å². The van der Waals surface area contributed by atoms with Gasteiger partial charge in [-0.25, -0.2) is 0 Å². The molecule has 0 aromatic heterocycles. The average molecular weight is 103 g/mol. The predicted octanol–water partition coefficient (Wildman–Crippen LogP) is -1.51. The molecule has 3 nitrogen and oxygen atoms in total. The second kappa shape index (κ2) is 3.36. The second-order valence-corrected chi connectivity index (χ2v) is 1.07. The van der Waals surface area contributed by atoms with E-state index in [1.807, 2.05) is 0 Å². The number of carbonyl (C=O) groups excluding carboxylic acids is 1. The Kier molecular flexibility index (Phi) is 4.56. The summed E-state index contributed by atoms with van der Waals surface area (Å²) < 4.78 is 0. The number of carboxylic acids is 1. The first kappa shape index (κ1) is 9.48. The number of hydrogen-bond donors (Lipinski definition) is 0. The van der Waals surface area contributed by atoms with Crippen molar-refractivity contribution in [3.63, 3.8) is 0 Å². The maximum Gasteiger partial charge on any atom is 0.0666 e. The number of aliphatic carboxylic acids is 1. The molecule has 0 aliphatic carbocycles. The molecule has 7 heavy (non-hydrogen) atoms. The van der Waals surface area contributed by atoms with E-state index in [0.717, 1.165) is 0 Å². The van der Waals surface area contributed by atoms with Crippen LogP contribution in [0.15, 0.2) is 12.2 Å². The standard InChI is InChI=1S/C4H6O2.H2O/c1-3(2)4(5)6;/h1H2,2H3,(H,5,6);1H2/p-1. The first-order valence-corrected chi connectivity index (χ1v) is 1.51. The predicted molar refractivity (Wildman–Crippen MR) is 23.4 cm³/mol. The molecule has 0 atom stereocenters. The maximum absolute atomic E-state index is 9.49. The molecule has 0 saturated heterocycles. The molecule has 0 unspecified atom stereocenters. The van der Waals surface area contributed by atoms with Crippen LogP contribution in [0.25, 0.3) is 0 Å². The van der Waals surface area contributed by atoms with Gasteiger partial charge in [0.2, 0.25) is 0 Å². The van der Waals surface area contributed by atoms with Crippen molar-refractivity contribution in [3.05, 3.63) is 12.2 Å². The van der Waals surface area contributed by atoms with Crippen LogP contribution < -0.4 is 5.11 Å². The van der Waals surface area contributed by atoms with E-state index in [1.165, 1.54) is 6.92 Å². The Morgan fingerprint density at radius 1 is 1.71 bits per heavy atom. The normalized spacial score (nSPS) is 6.43. The van der Waals surface area contributed by atoms with Crippen molar-refractivity contribution in [2.24, 2.45) is 0 Å². The molecule has 0 radical (unpaired) electrons. The minimum absolute atomic E-state index is 0. The monoisotopic (exact) mass is 103 g/mol. The highest BCUT2D eigenvalue weighted by molar-refractivity contribution is 5.82. The molecule has 0 saturated carbocycles. The third kappa shape index (κ3) is 5.17. The van der Waals surface area contributed by atoms with E-state index in [0.29, 0.717) is 0 Å². The molecule has 0 amide bonds. The molecular weight excluding hydrogens is 96.0 g/mol. The highest BCUT2D eigenvalue weighted by atomic mass is 16.4. The van der Waals surface area contributed by atoms with Crippen molar-refractivity contribution in [2.75, 3.05) is 0 Å². The number of rotatable bonds is 1. The Hall–Kier alpha value is -0.830. The van der Waals surface area contributed by atoms with Crippen LogP contribution in [0.4, 0.5) is 0 Å². The van der Waals surface area contributed by atoms with Gasteiger partial charge in [0.05, 0.1) is 5.97 Å². The van der Waals surface area contributed by atoms with Gasteiger partial charge in [-0.05, 0) is 12.5 Å². The molecule has 0 aliphatic rings. The Balaban J connectivity index is 0. The van der Waals surface area contributed by atoms with Gasteiger partial charge in [-0.3, -0.25) is 0 Å². The third-order valence-electron chi connectivity index (χ3n) is 0.348. The lowest BCUT2D eigenvalue weighted by Gasteiger charge is -1.93. The Morgan fingerprint density at radius 2 is 1.86 bits per heavy atom. The van der Waals surface area contributed by atoms with Crippen molar-refractivity contribution in [1.29, 1.82) is 0 Å². The summed E-state index contributed by atoms with van der Waals surface area (Å²) in [5, 5.41) is 9.49. The van der Waals surface area contributed by atoms with Gasteiger partial charge in [0, 0.05) is 0 Å². The van der Waals surface area contributed by atoms with Crippen LogP contribution in [-0.4, -0.2) is 11.4 Å². The number of carbonyl (C=O) groups is 1. The topological polar surface area (TPSA) is 71.6 Å². The summed E-state index contributed by atoms with van der Waals surface area (Å²) in [6, 6.07) is 0. The van der Waals surface area contributed by atoms with Gasteiger partial charge in [0.15, 0.2) is 0 Å². The van der Waals surface area contributed by atoms with Crippen molar-refractivity contribution >= 4 is 5.97 Å². The fourth-order valence-corrected chi connectivity index (χ4v) is 0. The Morgan fingerprint density at radius 3 is 1.86 bits per heavy atom. The van der Waals surface area contributed by atoms with E-state index < -0.39 is 5.97 Å². The van der Waals surface area contributed by atoms with E-state index in [9.17, 15) is 9.90 Å². The van der Waals surface area contributed by atoms with Crippen molar-refractivity contribution in [3.8, 4) is 0 Å². The molecule has 2 N–H and O–H groups in total. The maximum atomic E-state index is 9.49. The molecular formula is C4H7O3-. The van der Waals surface area contributed by atoms with Crippen molar-refractivity contribution < 1.29 is 15.4 Å². The summed E-state index contributed by atoms with van der Waals surface area (Å²) in [5.41, 5.74) is 0.0648. The van der Waals surface area contributed by atoms with Gasteiger partial charge >= 0.3 is 0 Å². The first-order valence-electron chi connectivity index (χ1n) is 1.51. The minimum Gasteiger partial charge on any atom is -0.545 e. The zero-order chi connectivity index (χ0) is 5.15. The summed E-state index contributed by atoms with van der Waals surface area (Å²) in [7, 11) is 0. The van der Waals surface area contributed by atoms with Crippen LogP contribution in [-0.2, 0) is 4.79 Å². The highest BCUT2D eigenvalue weighted by Gasteiger charge is 1.76. The van der Waals surface area contributed by atoms with Gasteiger partial charge in [-0.15, -0.1) is 0 Å². The fourth-order valence-electron chi connectivity index (χ4n) is 0.